The lowest BCUT2D eigenvalue weighted by molar-refractivity contribution is -0.391. The summed E-state index contributed by atoms with van der Waals surface area (Å²) in [5.74, 6) is 0.494. The fourth-order valence-electron chi connectivity index (χ4n) is 2.87. The van der Waals surface area contributed by atoms with E-state index in [4.69, 9.17) is 4.74 Å². The Morgan fingerprint density at radius 1 is 1.50 bits per heavy atom. The van der Waals surface area contributed by atoms with Gasteiger partial charge in [-0.05, 0) is 35.7 Å². The summed E-state index contributed by atoms with van der Waals surface area (Å²) >= 11 is 0. The molecular weight excluding hydrogens is 286 g/mol. The maximum absolute atomic E-state index is 10.9. The number of imidazole rings is 1. The normalized spacial score (nSPS) is 16.4. The molecule has 8 heteroatoms. The first-order valence-electron chi connectivity index (χ1n) is 7.36. The van der Waals surface area contributed by atoms with E-state index in [1.807, 2.05) is 0 Å². The van der Waals surface area contributed by atoms with E-state index in [-0.39, 0.29) is 11.2 Å². The lowest BCUT2D eigenvalue weighted by Crippen LogP contribution is -2.37. The average molecular weight is 305 g/mol. The summed E-state index contributed by atoms with van der Waals surface area (Å²) in [6.45, 7) is 1.55. The highest BCUT2D eigenvalue weighted by atomic mass is 16.6. The number of nitro groups is 1. The van der Waals surface area contributed by atoms with Crippen LogP contribution in [0.5, 0.6) is 0 Å². The van der Waals surface area contributed by atoms with E-state index >= 15 is 0 Å². The summed E-state index contributed by atoms with van der Waals surface area (Å²) in [5.41, 5.74) is 0.725. The second-order valence-corrected chi connectivity index (χ2v) is 5.81. The number of rotatable bonds is 7. The molecule has 1 aliphatic rings. The molecule has 0 bridgehead atoms. The smallest absolute Gasteiger partial charge is 0.368 e. The molecule has 0 amide bonds. The molecule has 0 unspecified atom stereocenters. The van der Waals surface area contributed by atoms with Crippen LogP contribution in [0.25, 0.3) is 5.65 Å². The van der Waals surface area contributed by atoms with Gasteiger partial charge in [0.15, 0.2) is 5.82 Å². The zero-order valence-electron chi connectivity index (χ0n) is 12.5. The van der Waals surface area contributed by atoms with E-state index < -0.39 is 4.92 Å². The summed E-state index contributed by atoms with van der Waals surface area (Å²) in [7, 11) is 1.72. The molecule has 0 aromatic carbocycles. The highest BCUT2D eigenvalue weighted by molar-refractivity contribution is 5.48. The number of aromatic nitrogens is 3. The van der Waals surface area contributed by atoms with Gasteiger partial charge in [0.2, 0.25) is 5.65 Å². The lowest BCUT2D eigenvalue weighted by Gasteiger charge is -2.42. The molecule has 0 atom stereocenters. The van der Waals surface area contributed by atoms with E-state index in [1.165, 1.54) is 30.0 Å². The minimum absolute atomic E-state index is 0.128. The molecule has 2 aromatic heterocycles. The van der Waals surface area contributed by atoms with Crippen LogP contribution in [0.1, 0.15) is 25.7 Å². The van der Waals surface area contributed by atoms with Crippen molar-refractivity contribution in [1.82, 2.24) is 14.6 Å². The van der Waals surface area contributed by atoms with E-state index in [1.54, 1.807) is 19.2 Å². The zero-order valence-corrected chi connectivity index (χ0v) is 12.5. The lowest BCUT2D eigenvalue weighted by atomic mass is 9.67. The van der Waals surface area contributed by atoms with Crippen LogP contribution in [0.4, 0.5) is 11.6 Å². The topological polar surface area (TPSA) is 94.6 Å². The molecule has 1 fully saturated rings. The molecule has 8 nitrogen and oxygen atoms in total. The molecule has 0 radical (unpaired) electrons. The Hall–Kier alpha value is -2.22. The summed E-state index contributed by atoms with van der Waals surface area (Å²) in [6, 6.07) is 3.53. The molecule has 0 aliphatic heterocycles. The number of nitrogens with one attached hydrogen (secondary N) is 1. The van der Waals surface area contributed by atoms with Crippen molar-refractivity contribution in [3.8, 4) is 0 Å². The van der Waals surface area contributed by atoms with Crippen LogP contribution < -0.4 is 5.32 Å². The molecular formula is C14H19N5O3. The maximum atomic E-state index is 10.9. The first kappa shape index (κ1) is 14.7. The molecule has 3 rings (SSSR count). The van der Waals surface area contributed by atoms with Gasteiger partial charge in [-0.15, -0.1) is 0 Å². The number of anilines is 1. The largest absolute Gasteiger partial charge is 0.385 e. The predicted octanol–water partition coefficient (Wildman–Crippen LogP) is 2.26. The standard InChI is InChI=1S/C14H19N5O3/c1-22-8-7-14(5-2-6-14)10-16-11-3-4-12-15-9-13(19(20)21)18(12)17-11/h3-4,9H,2,5-8,10H2,1H3,(H,16,17). The Kier molecular flexibility index (Phi) is 3.93. The Labute approximate surface area is 127 Å². The first-order chi connectivity index (χ1) is 10.6. The van der Waals surface area contributed by atoms with Gasteiger partial charge >= 0.3 is 5.82 Å². The molecule has 1 N–H and O–H groups in total. The van der Waals surface area contributed by atoms with Crippen LogP contribution in [0, 0.1) is 15.5 Å². The van der Waals surface area contributed by atoms with Crippen molar-refractivity contribution in [2.75, 3.05) is 25.6 Å². The third kappa shape index (κ3) is 2.74. The van der Waals surface area contributed by atoms with Gasteiger partial charge in [-0.2, -0.15) is 0 Å². The number of methoxy groups -OCH3 is 1. The van der Waals surface area contributed by atoms with Crippen LogP contribution in [-0.4, -0.2) is 39.8 Å². The molecule has 2 heterocycles. The maximum Gasteiger partial charge on any atom is 0.368 e. The molecule has 1 saturated carbocycles. The monoisotopic (exact) mass is 305 g/mol. The van der Waals surface area contributed by atoms with Crippen molar-refractivity contribution in [1.29, 1.82) is 0 Å². The van der Waals surface area contributed by atoms with Gasteiger partial charge in [0.05, 0.1) is 0 Å². The molecule has 22 heavy (non-hydrogen) atoms. The zero-order chi connectivity index (χ0) is 15.6. The van der Waals surface area contributed by atoms with Crippen molar-refractivity contribution in [3.63, 3.8) is 0 Å². The SMILES string of the molecule is COCCC1(CNc2ccc3ncc([N+](=O)[O-])n3n2)CCC1. The minimum Gasteiger partial charge on any atom is -0.385 e. The summed E-state index contributed by atoms with van der Waals surface area (Å²) in [5, 5.41) is 18.5. The number of nitrogens with zero attached hydrogens (tertiary/aromatic N) is 4. The van der Waals surface area contributed by atoms with Crippen molar-refractivity contribution in [2.24, 2.45) is 5.41 Å². The molecule has 2 aromatic rings. The van der Waals surface area contributed by atoms with Crippen LogP contribution in [-0.2, 0) is 4.74 Å². The average Bonchev–Trinajstić information content (AvgIpc) is 2.89. The number of ether oxygens (including phenoxy) is 1. The summed E-state index contributed by atoms with van der Waals surface area (Å²) in [4.78, 5) is 14.4. The van der Waals surface area contributed by atoms with Crippen LogP contribution in [0.2, 0.25) is 0 Å². The van der Waals surface area contributed by atoms with Gasteiger partial charge < -0.3 is 20.2 Å². The van der Waals surface area contributed by atoms with Crippen molar-refractivity contribution in [2.45, 2.75) is 25.7 Å². The fraction of sp³-hybridized carbons (Fsp3) is 0.571. The van der Waals surface area contributed by atoms with Crippen molar-refractivity contribution >= 4 is 17.3 Å². The third-order valence-corrected chi connectivity index (χ3v) is 4.43. The molecule has 1 aliphatic carbocycles. The third-order valence-electron chi connectivity index (χ3n) is 4.43. The Morgan fingerprint density at radius 2 is 2.32 bits per heavy atom. The second kappa shape index (κ2) is 5.88. The quantitative estimate of drug-likeness (QED) is 0.623. The molecule has 0 spiro atoms. The second-order valence-electron chi connectivity index (χ2n) is 5.81. The van der Waals surface area contributed by atoms with Gasteiger partial charge in [-0.25, -0.2) is 4.98 Å². The predicted molar refractivity (Wildman–Crippen MR) is 80.9 cm³/mol. The van der Waals surface area contributed by atoms with Crippen LogP contribution in [0.15, 0.2) is 18.3 Å². The van der Waals surface area contributed by atoms with Gasteiger partial charge in [0, 0.05) is 26.3 Å². The van der Waals surface area contributed by atoms with Crippen molar-refractivity contribution < 1.29 is 9.66 Å². The van der Waals surface area contributed by atoms with E-state index in [2.05, 4.69) is 15.4 Å². The van der Waals surface area contributed by atoms with Crippen molar-refractivity contribution in [3.05, 3.63) is 28.4 Å². The molecule has 118 valence electrons. The van der Waals surface area contributed by atoms with Gasteiger partial charge in [0.1, 0.15) is 6.20 Å². The number of hydrogen-bond acceptors (Lipinski definition) is 6. The van der Waals surface area contributed by atoms with Gasteiger partial charge in [0.25, 0.3) is 0 Å². The Balaban J connectivity index is 1.73. The first-order valence-corrected chi connectivity index (χ1v) is 7.36. The Bertz CT molecular complexity index is 680. The molecule has 0 saturated heterocycles. The van der Waals surface area contributed by atoms with Crippen LogP contribution in [0.3, 0.4) is 0 Å². The minimum atomic E-state index is -0.483. The highest BCUT2D eigenvalue weighted by Crippen LogP contribution is 2.43. The fourth-order valence-corrected chi connectivity index (χ4v) is 2.87. The van der Waals surface area contributed by atoms with Gasteiger partial charge in [-0.1, -0.05) is 16.0 Å². The highest BCUT2D eigenvalue weighted by Gasteiger charge is 2.36. The van der Waals surface area contributed by atoms with E-state index in [9.17, 15) is 10.1 Å². The van der Waals surface area contributed by atoms with Crippen LogP contribution >= 0.6 is 0 Å². The van der Waals surface area contributed by atoms with E-state index in [0.717, 1.165) is 19.6 Å². The van der Waals surface area contributed by atoms with E-state index in [0.29, 0.717) is 11.5 Å². The summed E-state index contributed by atoms with van der Waals surface area (Å²) in [6.07, 6.45) is 5.83. The summed E-state index contributed by atoms with van der Waals surface area (Å²) < 4.78 is 6.44. The number of fused-ring (bicyclic) bond motifs is 1. The van der Waals surface area contributed by atoms with Gasteiger partial charge in [-0.3, -0.25) is 0 Å². The Morgan fingerprint density at radius 3 is 2.95 bits per heavy atom. The number of hydrogen-bond donors (Lipinski definition) is 1.